The minimum Gasteiger partial charge on any atom is -0.426 e. The predicted molar refractivity (Wildman–Crippen MR) is 82.7 cm³/mol. The van der Waals surface area contributed by atoms with Crippen molar-refractivity contribution in [3.63, 3.8) is 0 Å². The molecule has 0 fully saturated rings. The van der Waals surface area contributed by atoms with Crippen molar-refractivity contribution in [2.24, 2.45) is 19.2 Å². The summed E-state index contributed by atoms with van der Waals surface area (Å²) in [6.45, 7) is 0.110. The van der Waals surface area contributed by atoms with Gasteiger partial charge in [-0.25, -0.2) is 10.1 Å². The molecular weight excluding hydrogens is 338 g/mol. The number of aromatic nitrogens is 7. The van der Waals surface area contributed by atoms with Crippen LogP contribution in [0.4, 0.5) is 0 Å². The van der Waals surface area contributed by atoms with Gasteiger partial charge in [-0.2, -0.15) is 12.6 Å². The summed E-state index contributed by atoms with van der Waals surface area (Å²) in [4.78, 5) is 23.9. The van der Waals surface area contributed by atoms with Gasteiger partial charge < -0.3 is 4.42 Å². The Kier molecular flexibility index (Phi) is 4.16. The molecule has 1 N–H and O–H groups in total. The fourth-order valence-corrected chi connectivity index (χ4v) is 2.18. The number of aryl methyl sites for hydroxylation is 1. The standard InChI is InChI=1S/C11H13N9O3S/c1-18-9-8(20(17-15-9)3-7-14-12-5-23-7)10(22)19(2)11(18)16-13-6(21)4-24/h5,24H,3-4H2,1-2H3,(H,13,21). The number of nitrogens with one attached hydrogen (secondary N) is 1. The zero-order chi connectivity index (χ0) is 17.3. The first-order chi connectivity index (χ1) is 11.5. The molecular formula is C11H13N9O3S. The number of nitrogens with zero attached hydrogens (tertiary/aromatic N) is 8. The van der Waals surface area contributed by atoms with E-state index in [-0.39, 0.29) is 29.0 Å². The first-order valence-electron chi connectivity index (χ1n) is 6.70. The molecule has 0 saturated heterocycles. The lowest BCUT2D eigenvalue weighted by Crippen LogP contribution is -2.41. The summed E-state index contributed by atoms with van der Waals surface area (Å²) in [7, 11) is 3.18. The number of hydrogen-bond donors (Lipinski definition) is 2. The van der Waals surface area contributed by atoms with Gasteiger partial charge in [0.25, 0.3) is 5.56 Å². The molecule has 3 rings (SSSR count). The van der Waals surface area contributed by atoms with Gasteiger partial charge in [0, 0.05) is 14.1 Å². The lowest BCUT2D eigenvalue weighted by Gasteiger charge is -2.07. The molecule has 0 unspecified atom stereocenters. The zero-order valence-corrected chi connectivity index (χ0v) is 13.6. The van der Waals surface area contributed by atoms with Gasteiger partial charge >= 0.3 is 0 Å². The van der Waals surface area contributed by atoms with E-state index >= 15 is 0 Å². The zero-order valence-electron chi connectivity index (χ0n) is 12.7. The molecule has 3 aromatic rings. The molecule has 12 nitrogen and oxygen atoms in total. The summed E-state index contributed by atoms with van der Waals surface area (Å²) >= 11 is 3.85. The highest BCUT2D eigenvalue weighted by atomic mass is 32.1. The Morgan fingerprint density at radius 2 is 2.17 bits per heavy atom. The number of thiol groups is 1. The van der Waals surface area contributed by atoms with E-state index in [1.807, 2.05) is 0 Å². The second-order valence-corrected chi connectivity index (χ2v) is 5.10. The van der Waals surface area contributed by atoms with Gasteiger partial charge in [-0.15, -0.1) is 20.4 Å². The van der Waals surface area contributed by atoms with Crippen molar-refractivity contribution >= 4 is 29.7 Å². The number of carbonyl (C=O) groups excluding carboxylic acids is 1. The molecule has 0 aliphatic heterocycles. The SMILES string of the molecule is Cn1c(=O)c2c(nnn2Cc2nnco2)n(C)c1=NNC(=O)CS. The van der Waals surface area contributed by atoms with E-state index in [0.29, 0.717) is 11.5 Å². The third-order valence-electron chi connectivity index (χ3n) is 3.26. The summed E-state index contributed by atoms with van der Waals surface area (Å²) in [6, 6.07) is 0. The quantitative estimate of drug-likeness (QED) is 0.400. The van der Waals surface area contributed by atoms with Crippen LogP contribution < -0.4 is 16.6 Å². The third-order valence-corrected chi connectivity index (χ3v) is 3.54. The molecule has 0 spiro atoms. The summed E-state index contributed by atoms with van der Waals surface area (Å²) < 4.78 is 9.23. The van der Waals surface area contributed by atoms with Crippen LogP contribution in [-0.4, -0.2) is 46.0 Å². The molecule has 0 atom stereocenters. The topological polar surface area (TPSA) is 138 Å². The van der Waals surface area contributed by atoms with Gasteiger partial charge in [0.15, 0.2) is 11.2 Å². The average Bonchev–Trinajstić information content (AvgIpc) is 3.23. The Bertz CT molecular complexity index is 1010. The van der Waals surface area contributed by atoms with Crippen LogP contribution in [0.15, 0.2) is 20.7 Å². The van der Waals surface area contributed by atoms with Crippen molar-refractivity contribution in [1.82, 2.24) is 39.8 Å². The fourth-order valence-electron chi connectivity index (χ4n) is 2.11. The van der Waals surface area contributed by atoms with Crippen LogP contribution in [0.5, 0.6) is 0 Å². The number of amides is 1. The minimum absolute atomic E-state index is 0.0240. The van der Waals surface area contributed by atoms with Gasteiger partial charge in [0.2, 0.25) is 23.8 Å². The Morgan fingerprint density at radius 3 is 2.83 bits per heavy atom. The first-order valence-corrected chi connectivity index (χ1v) is 7.34. The largest absolute Gasteiger partial charge is 0.426 e. The fraction of sp³-hybridized carbons (Fsp3) is 0.364. The summed E-state index contributed by atoms with van der Waals surface area (Å²) in [6.07, 6.45) is 1.19. The maximum Gasteiger partial charge on any atom is 0.282 e. The van der Waals surface area contributed by atoms with E-state index in [2.05, 4.69) is 43.7 Å². The van der Waals surface area contributed by atoms with Crippen LogP contribution in [0.2, 0.25) is 0 Å². The summed E-state index contributed by atoms with van der Waals surface area (Å²) in [5.41, 5.74) is 2.67. The van der Waals surface area contributed by atoms with E-state index in [1.165, 1.54) is 27.3 Å². The molecule has 24 heavy (non-hydrogen) atoms. The highest BCUT2D eigenvalue weighted by Gasteiger charge is 2.16. The number of rotatable bonds is 4. The maximum atomic E-state index is 12.6. The van der Waals surface area contributed by atoms with Crippen LogP contribution in [0, 0.1) is 0 Å². The highest BCUT2D eigenvalue weighted by molar-refractivity contribution is 7.81. The second kappa shape index (κ2) is 6.27. The van der Waals surface area contributed by atoms with Crippen LogP contribution in [-0.2, 0) is 25.4 Å². The summed E-state index contributed by atoms with van der Waals surface area (Å²) in [5, 5.41) is 19.2. The van der Waals surface area contributed by atoms with Crippen molar-refractivity contribution in [3.05, 3.63) is 28.3 Å². The van der Waals surface area contributed by atoms with E-state index < -0.39 is 5.91 Å². The van der Waals surface area contributed by atoms with Crippen molar-refractivity contribution in [2.75, 3.05) is 5.75 Å². The monoisotopic (exact) mass is 351 g/mol. The van der Waals surface area contributed by atoms with Crippen molar-refractivity contribution in [2.45, 2.75) is 6.54 Å². The maximum absolute atomic E-state index is 12.6. The normalized spacial score (nSPS) is 12.0. The van der Waals surface area contributed by atoms with Crippen molar-refractivity contribution in [3.8, 4) is 0 Å². The van der Waals surface area contributed by atoms with E-state index in [4.69, 9.17) is 4.42 Å². The van der Waals surface area contributed by atoms with E-state index in [1.54, 1.807) is 7.05 Å². The molecule has 3 aromatic heterocycles. The smallest absolute Gasteiger partial charge is 0.282 e. The molecule has 0 aliphatic carbocycles. The van der Waals surface area contributed by atoms with E-state index in [9.17, 15) is 9.59 Å². The van der Waals surface area contributed by atoms with Gasteiger partial charge in [0.05, 0.1) is 5.75 Å². The Balaban J connectivity index is 2.16. The van der Waals surface area contributed by atoms with Crippen LogP contribution in [0.25, 0.3) is 11.2 Å². The molecule has 0 saturated carbocycles. The lowest BCUT2D eigenvalue weighted by atomic mass is 10.5. The number of fused-ring (bicyclic) bond motifs is 1. The molecule has 126 valence electrons. The Hall–Kier alpha value is -2.96. The number of hydrogen-bond acceptors (Lipinski definition) is 9. The molecule has 0 radical (unpaired) electrons. The first kappa shape index (κ1) is 15.9. The molecule has 0 bridgehead atoms. The van der Waals surface area contributed by atoms with Gasteiger partial charge in [-0.3, -0.25) is 18.7 Å². The third kappa shape index (κ3) is 2.68. The van der Waals surface area contributed by atoms with Gasteiger partial charge in [-0.05, 0) is 0 Å². The summed E-state index contributed by atoms with van der Waals surface area (Å²) in [5.74, 6) is -0.128. The van der Waals surface area contributed by atoms with E-state index in [0.717, 1.165) is 0 Å². The molecule has 1 amide bonds. The van der Waals surface area contributed by atoms with Gasteiger partial charge in [-0.1, -0.05) is 5.21 Å². The molecule has 3 heterocycles. The molecule has 0 aromatic carbocycles. The number of carbonyl (C=O) groups is 1. The Labute approximate surface area is 139 Å². The van der Waals surface area contributed by atoms with Gasteiger partial charge in [0.1, 0.15) is 6.54 Å². The van der Waals surface area contributed by atoms with Crippen LogP contribution in [0.1, 0.15) is 5.89 Å². The highest BCUT2D eigenvalue weighted by Crippen LogP contribution is 2.05. The Morgan fingerprint density at radius 1 is 1.38 bits per heavy atom. The van der Waals surface area contributed by atoms with Crippen LogP contribution in [0.3, 0.4) is 0 Å². The molecule has 13 heteroatoms. The van der Waals surface area contributed by atoms with Crippen molar-refractivity contribution < 1.29 is 9.21 Å². The lowest BCUT2D eigenvalue weighted by molar-refractivity contribution is -0.118. The average molecular weight is 351 g/mol. The predicted octanol–water partition coefficient (Wildman–Crippen LogP) is -2.24. The minimum atomic E-state index is -0.397. The van der Waals surface area contributed by atoms with Crippen LogP contribution >= 0.6 is 12.6 Å². The van der Waals surface area contributed by atoms with Crippen molar-refractivity contribution in [1.29, 1.82) is 0 Å². The second-order valence-electron chi connectivity index (χ2n) is 4.78. The molecule has 0 aliphatic rings.